The Morgan fingerprint density at radius 3 is 3.00 bits per heavy atom. The number of benzene rings is 1. The number of carbonyl (C=O) groups is 1. The van der Waals surface area contributed by atoms with Crippen molar-refractivity contribution in [3.05, 3.63) is 34.6 Å². The summed E-state index contributed by atoms with van der Waals surface area (Å²) < 4.78 is 7.11. The van der Waals surface area contributed by atoms with Crippen LogP contribution in [0.1, 0.15) is 32.1 Å². The van der Waals surface area contributed by atoms with Gasteiger partial charge in [0.2, 0.25) is 5.91 Å². The summed E-state index contributed by atoms with van der Waals surface area (Å²) in [6.07, 6.45) is 4.79. The highest BCUT2D eigenvalue weighted by Gasteiger charge is 2.36. The van der Waals surface area contributed by atoms with Crippen molar-refractivity contribution in [3.8, 4) is 0 Å². The fourth-order valence-electron chi connectivity index (χ4n) is 3.92. The van der Waals surface area contributed by atoms with E-state index in [4.69, 9.17) is 4.74 Å². The summed E-state index contributed by atoms with van der Waals surface area (Å²) >= 11 is 0. The maximum atomic E-state index is 12.7. The maximum Gasteiger partial charge on any atom is 0.277 e. The molecule has 1 aliphatic carbocycles. The van der Waals surface area contributed by atoms with Crippen LogP contribution in [0.15, 0.2) is 29.1 Å². The van der Waals surface area contributed by atoms with E-state index >= 15 is 0 Å². The van der Waals surface area contributed by atoms with Crippen LogP contribution in [0.5, 0.6) is 0 Å². The van der Waals surface area contributed by atoms with Gasteiger partial charge in [-0.05, 0) is 25.0 Å². The fraction of sp³-hybridized carbons (Fsp3) is 0.556. The van der Waals surface area contributed by atoms with Crippen LogP contribution in [-0.4, -0.2) is 51.1 Å². The average Bonchev–Trinajstić information content (AvgIpc) is 2.67. The first-order chi connectivity index (χ1) is 12.2. The number of fused-ring (bicyclic) bond motifs is 2. The Balaban J connectivity index is 1.46. The molecular weight excluding hydrogens is 320 g/mol. The van der Waals surface area contributed by atoms with E-state index in [0.29, 0.717) is 24.1 Å². The van der Waals surface area contributed by atoms with Crippen LogP contribution in [-0.2, 0) is 16.1 Å². The van der Waals surface area contributed by atoms with Crippen LogP contribution in [0, 0.1) is 0 Å². The first-order valence-electron chi connectivity index (χ1n) is 8.97. The van der Waals surface area contributed by atoms with Crippen molar-refractivity contribution in [2.24, 2.45) is 0 Å². The van der Waals surface area contributed by atoms with Crippen molar-refractivity contribution >= 4 is 16.8 Å². The standard InChI is InChI=1S/C18H22N4O3/c23-17(21-11-12-25-16-8-4-3-7-15(16)21)9-10-22-18(24)13-5-1-2-6-14(13)19-20-22/h1-2,5-6,15-16H,3-4,7-12H2. The van der Waals surface area contributed by atoms with Crippen molar-refractivity contribution in [2.75, 3.05) is 13.2 Å². The summed E-state index contributed by atoms with van der Waals surface area (Å²) in [6, 6.07) is 7.31. The molecule has 2 fully saturated rings. The van der Waals surface area contributed by atoms with Crippen LogP contribution < -0.4 is 5.56 Å². The summed E-state index contributed by atoms with van der Waals surface area (Å²) in [5.74, 6) is 0.0714. The average molecular weight is 342 g/mol. The molecule has 1 aromatic heterocycles. The molecule has 132 valence electrons. The molecule has 1 saturated heterocycles. The lowest BCUT2D eigenvalue weighted by Gasteiger charge is -2.43. The normalized spacial score (nSPS) is 23.4. The van der Waals surface area contributed by atoms with Gasteiger partial charge in [0.25, 0.3) is 5.56 Å². The van der Waals surface area contributed by atoms with Crippen molar-refractivity contribution in [3.63, 3.8) is 0 Å². The molecule has 25 heavy (non-hydrogen) atoms. The van der Waals surface area contributed by atoms with Gasteiger partial charge < -0.3 is 9.64 Å². The minimum absolute atomic E-state index is 0.0714. The largest absolute Gasteiger partial charge is 0.374 e. The monoisotopic (exact) mass is 342 g/mol. The van der Waals surface area contributed by atoms with E-state index in [1.807, 2.05) is 11.0 Å². The van der Waals surface area contributed by atoms with Crippen LogP contribution in [0.4, 0.5) is 0 Å². The number of nitrogens with zero attached hydrogens (tertiary/aromatic N) is 4. The Bertz CT molecular complexity index is 832. The summed E-state index contributed by atoms with van der Waals surface area (Å²) in [6.45, 7) is 1.49. The van der Waals surface area contributed by atoms with Crippen molar-refractivity contribution < 1.29 is 9.53 Å². The quantitative estimate of drug-likeness (QED) is 0.841. The molecule has 0 bridgehead atoms. The molecule has 0 spiro atoms. The highest BCUT2D eigenvalue weighted by Crippen LogP contribution is 2.28. The number of ether oxygens (including phenoxy) is 1. The van der Waals surface area contributed by atoms with Gasteiger partial charge in [-0.3, -0.25) is 9.59 Å². The zero-order chi connectivity index (χ0) is 17.2. The predicted octanol–water partition coefficient (Wildman–Crippen LogP) is 1.35. The molecule has 0 radical (unpaired) electrons. The molecule has 1 amide bonds. The summed E-state index contributed by atoms with van der Waals surface area (Å²) in [5, 5.41) is 8.56. The molecule has 1 aliphatic heterocycles. The SMILES string of the molecule is O=C(CCn1nnc2ccccc2c1=O)N1CCOC2CCCCC21. The number of hydrogen-bond donors (Lipinski definition) is 0. The Morgan fingerprint density at radius 2 is 2.08 bits per heavy atom. The third-order valence-electron chi connectivity index (χ3n) is 5.22. The van der Waals surface area contributed by atoms with E-state index in [1.54, 1.807) is 18.2 Å². The fourth-order valence-corrected chi connectivity index (χ4v) is 3.92. The van der Waals surface area contributed by atoms with Crippen molar-refractivity contribution in [1.82, 2.24) is 19.9 Å². The van der Waals surface area contributed by atoms with Crippen LogP contribution >= 0.6 is 0 Å². The van der Waals surface area contributed by atoms with Gasteiger partial charge in [0, 0.05) is 13.0 Å². The van der Waals surface area contributed by atoms with Crippen molar-refractivity contribution in [2.45, 2.75) is 50.8 Å². The maximum absolute atomic E-state index is 12.7. The highest BCUT2D eigenvalue weighted by atomic mass is 16.5. The molecule has 0 N–H and O–H groups in total. The number of rotatable bonds is 3. The minimum atomic E-state index is -0.198. The van der Waals surface area contributed by atoms with Crippen molar-refractivity contribution in [1.29, 1.82) is 0 Å². The number of aryl methyl sites for hydroxylation is 1. The Kier molecular flexibility index (Phi) is 4.48. The van der Waals surface area contributed by atoms with Gasteiger partial charge in [-0.2, -0.15) is 0 Å². The molecule has 1 saturated carbocycles. The molecule has 1 aromatic carbocycles. The summed E-state index contributed by atoms with van der Waals surface area (Å²) in [4.78, 5) is 27.1. The molecule has 7 nitrogen and oxygen atoms in total. The smallest absolute Gasteiger partial charge is 0.277 e. The number of aromatic nitrogens is 3. The molecule has 2 unspecified atom stereocenters. The van der Waals surface area contributed by atoms with Gasteiger partial charge in [-0.25, -0.2) is 4.68 Å². The van der Waals surface area contributed by atoms with Gasteiger partial charge in [0.05, 0.1) is 30.7 Å². The van der Waals surface area contributed by atoms with E-state index in [-0.39, 0.29) is 36.6 Å². The molecule has 2 aromatic rings. The first kappa shape index (κ1) is 16.2. The second kappa shape index (κ2) is 6.92. The van der Waals surface area contributed by atoms with E-state index in [1.165, 1.54) is 11.1 Å². The summed E-state index contributed by atoms with van der Waals surface area (Å²) in [5.41, 5.74) is 0.379. The van der Waals surface area contributed by atoms with Gasteiger partial charge in [-0.1, -0.05) is 30.2 Å². The number of amides is 1. The molecule has 2 aliphatic rings. The van der Waals surface area contributed by atoms with Crippen LogP contribution in [0.3, 0.4) is 0 Å². The minimum Gasteiger partial charge on any atom is -0.374 e. The van der Waals surface area contributed by atoms with E-state index in [9.17, 15) is 9.59 Å². The lowest BCUT2D eigenvalue weighted by atomic mass is 9.90. The Hall–Kier alpha value is -2.28. The third-order valence-corrected chi connectivity index (χ3v) is 5.22. The lowest BCUT2D eigenvalue weighted by Crippen LogP contribution is -2.55. The topological polar surface area (TPSA) is 77.3 Å². The molecule has 2 heterocycles. The molecule has 7 heteroatoms. The number of carbonyl (C=O) groups excluding carboxylic acids is 1. The van der Waals surface area contributed by atoms with Gasteiger partial charge >= 0.3 is 0 Å². The van der Waals surface area contributed by atoms with E-state index in [2.05, 4.69) is 10.3 Å². The summed E-state index contributed by atoms with van der Waals surface area (Å²) in [7, 11) is 0. The Morgan fingerprint density at radius 1 is 1.24 bits per heavy atom. The molecule has 2 atom stereocenters. The van der Waals surface area contributed by atoms with E-state index in [0.717, 1.165) is 19.3 Å². The van der Waals surface area contributed by atoms with E-state index < -0.39 is 0 Å². The lowest BCUT2D eigenvalue weighted by molar-refractivity contribution is -0.149. The number of morpholine rings is 1. The zero-order valence-corrected chi connectivity index (χ0v) is 14.1. The third kappa shape index (κ3) is 3.16. The van der Waals surface area contributed by atoms with Gasteiger partial charge in [0.1, 0.15) is 5.52 Å². The van der Waals surface area contributed by atoms with Gasteiger partial charge in [-0.15, -0.1) is 5.10 Å². The second-order valence-electron chi connectivity index (χ2n) is 6.73. The van der Waals surface area contributed by atoms with Crippen LogP contribution in [0.2, 0.25) is 0 Å². The highest BCUT2D eigenvalue weighted by molar-refractivity contribution is 5.77. The van der Waals surface area contributed by atoms with Gasteiger partial charge in [0.15, 0.2) is 0 Å². The predicted molar refractivity (Wildman–Crippen MR) is 92.1 cm³/mol. The van der Waals surface area contributed by atoms with Crippen LogP contribution in [0.25, 0.3) is 10.9 Å². The zero-order valence-electron chi connectivity index (χ0n) is 14.1. The Labute approximate surface area is 145 Å². The molecule has 4 rings (SSSR count). The first-order valence-corrected chi connectivity index (χ1v) is 8.97. The molecular formula is C18H22N4O3. The number of hydrogen-bond acceptors (Lipinski definition) is 5. The second-order valence-corrected chi connectivity index (χ2v) is 6.73.